The van der Waals surface area contributed by atoms with Crippen LogP contribution in [0.5, 0.6) is 0 Å². The van der Waals surface area contributed by atoms with Crippen molar-refractivity contribution in [2.75, 3.05) is 20.3 Å². The van der Waals surface area contributed by atoms with E-state index in [1.807, 2.05) is 11.3 Å². The van der Waals surface area contributed by atoms with Gasteiger partial charge in [0, 0.05) is 29.1 Å². The van der Waals surface area contributed by atoms with E-state index in [0.29, 0.717) is 12.0 Å². The molecule has 1 heterocycles. The van der Waals surface area contributed by atoms with E-state index in [0.717, 1.165) is 19.6 Å². The van der Waals surface area contributed by atoms with Crippen molar-refractivity contribution in [3.63, 3.8) is 0 Å². The lowest BCUT2D eigenvalue weighted by atomic mass is 10.0. The maximum Gasteiger partial charge on any atom is 0.0488 e. The second kappa shape index (κ2) is 7.43. The van der Waals surface area contributed by atoms with Crippen molar-refractivity contribution < 1.29 is 4.74 Å². The second-order valence-electron chi connectivity index (χ2n) is 4.04. The monoisotopic (exact) mass is 305 g/mol. The van der Waals surface area contributed by atoms with Gasteiger partial charge in [-0.3, -0.25) is 0 Å². The Balaban J connectivity index is 2.64. The van der Waals surface area contributed by atoms with E-state index in [1.54, 1.807) is 7.11 Å². The van der Waals surface area contributed by atoms with Crippen LogP contribution in [0.1, 0.15) is 31.2 Å². The molecule has 2 atom stereocenters. The number of halogens is 1. The van der Waals surface area contributed by atoms with E-state index in [2.05, 4.69) is 46.5 Å². The lowest BCUT2D eigenvalue weighted by molar-refractivity contribution is 0.149. The summed E-state index contributed by atoms with van der Waals surface area (Å²) in [7, 11) is 1.76. The van der Waals surface area contributed by atoms with Crippen LogP contribution in [0.15, 0.2) is 15.9 Å². The third-order valence-electron chi connectivity index (χ3n) is 2.50. The van der Waals surface area contributed by atoms with Gasteiger partial charge in [0.2, 0.25) is 0 Å². The largest absolute Gasteiger partial charge is 0.384 e. The Morgan fingerprint density at radius 3 is 2.81 bits per heavy atom. The van der Waals surface area contributed by atoms with Crippen molar-refractivity contribution in [2.24, 2.45) is 5.92 Å². The molecule has 2 nitrogen and oxygen atoms in total. The van der Waals surface area contributed by atoms with Crippen molar-refractivity contribution in [3.05, 3.63) is 20.8 Å². The smallest absolute Gasteiger partial charge is 0.0488 e. The first kappa shape index (κ1) is 14.2. The van der Waals surface area contributed by atoms with Gasteiger partial charge in [0.25, 0.3) is 0 Å². The Morgan fingerprint density at radius 1 is 1.56 bits per heavy atom. The third-order valence-corrected chi connectivity index (χ3v) is 4.49. The van der Waals surface area contributed by atoms with Crippen molar-refractivity contribution in [3.8, 4) is 0 Å². The van der Waals surface area contributed by atoms with E-state index in [9.17, 15) is 0 Å². The van der Waals surface area contributed by atoms with Crippen LogP contribution in [-0.4, -0.2) is 20.3 Å². The number of methoxy groups -OCH3 is 1. The molecule has 0 aliphatic heterocycles. The van der Waals surface area contributed by atoms with Crippen LogP contribution in [0.2, 0.25) is 0 Å². The van der Waals surface area contributed by atoms with Crippen LogP contribution >= 0.6 is 27.3 Å². The van der Waals surface area contributed by atoms with Crippen LogP contribution in [0.25, 0.3) is 0 Å². The highest BCUT2D eigenvalue weighted by atomic mass is 79.9. The summed E-state index contributed by atoms with van der Waals surface area (Å²) < 4.78 is 6.41. The fourth-order valence-corrected chi connectivity index (χ4v) is 3.58. The molecule has 16 heavy (non-hydrogen) atoms. The maximum absolute atomic E-state index is 5.19. The number of hydrogen-bond donors (Lipinski definition) is 1. The number of ether oxygens (including phenoxy) is 1. The molecule has 0 aliphatic rings. The highest BCUT2D eigenvalue weighted by Gasteiger charge is 2.17. The average molecular weight is 306 g/mol. The van der Waals surface area contributed by atoms with E-state index in [-0.39, 0.29) is 0 Å². The molecule has 2 unspecified atom stereocenters. The minimum Gasteiger partial charge on any atom is -0.384 e. The molecule has 0 fully saturated rings. The van der Waals surface area contributed by atoms with E-state index in [1.165, 1.54) is 9.35 Å². The molecular formula is C12H20BrNOS. The number of hydrogen-bond acceptors (Lipinski definition) is 3. The molecule has 0 radical (unpaired) electrons. The van der Waals surface area contributed by atoms with Gasteiger partial charge < -0.3 is 10.1 Å². The fraction of sp³-hybridized carbons (Fsp3) is 0.667. The lowest BCUT2D eigenvalue weighted by Crippen LogP contribution is -2.23. The first-order valence-corrected chi connectivity index (χ1v) is 7.31. The van der Waals surface area contributed by atoms with Crippen LogP contribution < -0.4 is 5.32 Å². The van der Waals surface area contributed by atoms with Crippen molar-refractivity contribution in [1.82, 2.24) is 5.32 Å². The van der Waals surface area contributed by atoms with Gasteiger partial charge in [0.05, 0.1) is 0 Å². The number of thiophene rings is 1. The van der Waals surface area contributed by atoms with Gasteiger partial charge >= 0.3 is 0 Å². The number of rotatable bonds is 7. The van der Waals surface area contributed by atoms with Crippen molar-refractivity contribution in [1.29, 1.82) is 0 Å². The summed E-state index contributed by atoms with van der Waals surface area (Å²) in [4.78, 5) is 1.39. The summed E-state index contributed by atoms with van der Waals surface area (Å²) in [6.45, 7) is 6.20. The molecule has 0 bridgehead atoms. The Bertz CT molecular complexity index is 303. The zero-order valence-corrected chi connectivity index (χ0v) is 12.5. The Kier molecular flexibility index (Phi) is 6.58. The summed E-state index contributed by atoms with van der Waals surface area (Å²) in [5.41, 5.74) is 0. The standard InChI is InChI=1S/C12H20BrNOS/c1-4-14-11(7-9(2)8-15-3)12-10(13)5-6-16-12/h5-6,9,11,14H,4,7-8H2,1-3H3. The first-order chi connectivity index (χ1) is 7.69. The molecule has 4 heteroatoms. The maximum atomic E-state index is 5.19. The van der Waals surface area contributed by atoms with Gasteiger partial charge in [-0.25, -0.2) is 0 Å². The Hall–Kier alpha value is 0.100. The molecule has 1 N–H and O–H groups in total. The summed E-state index contributed by atoms with van der Waals surface area (Å²) in [6.07, 6.45) is 1.11. The van der Waals surface area contributed by atoms with E-state index < -0.39 is 0 Å². The van der Waals surface area contributed by atoms with Crippen molar-refractivity contribution >= 4 is 27.3 Å². The van der Waals surface area contributed by atoms with E-state index in [4.69, 9.17) is 4.74 Å². The third kappa shape index (κ3) is 4.17. The van der Waals surface area contributed by atoms with Crippen LogP contribution in [0.3, 0.4) is 0 Å². The Labute approximate surface area is 111 Å². The predicted octanol–water partition coefficient (Wildman–Crippen LogP) is 3.83. The quantitative estimate of drug-likeness (QED) is 0.826. The molecule has 0 saturated heterocycles. The van der Waals surface area contributed by atoms with Crippen LogP contribution in [0.4, 0.5) is 0 Å². The van der Waals surface area contributed by atoms with Crippen molar-refractivity contribution in [2.45, 2.75) is 26.3 Å². The summed E-state index contributed by atoms with van der Waals surface area (Å²) >= 11 is 5.41. The summed E-state index contributed by atoms with van der Waals surface area (Å²) in [6, 6.07) is 2.55. The number of nitrogens with one attached hydrogen (secondary N) is 1. The van der Waals surface area contributed by atoms with Gasteiger partial charge in [-0.2, -0.15) is 0 Å². The normalized spacial score (nSPS) is 15.0. The molecule has 1 rings (SSSR count). The molecule has 92 valence electrons. The molecule has 0 amide bonds. The first-order valence-electron chi connectivity index (χ1n) is 5.64. The molecular weight excluding hydrogens is 286 g/mol. The molecule has 1 aromatic heterocycles. The predicted molar refractivity (Wildman–Crippen MR) is 74.1 cm³/mol. The minimum atomic E-state index is 0.435. The highest BCUT2D eigenvalue weighted by Crippen LogP contribution is 2.32. The van der Waals surface area contributed by atoms with Gasteiger partial charge in [-0.05, 0) is 46.3 Å². The molecule has 0 spiro atoms. The minimum absolute atomic E-state index is 0.435. The highest BCUT2D eigenvalue weighted by molar-refractivity contribution is 9.10. The molecule has 1 aromatic rings. The van der Waals surface area contributed by atoms with Crippen LogP contribution in [-0.2, 0) is 4.74 Å². The van der Waals surface area contributed by atoms with Crippen LogP contribution in [0, 0.1) is 5.92 Å². The summed E-state index contributed by atoms with van der Waals surface area (Å²) in [5, 5.41) is 5.67. The summed E-state index contributed by atoms with van der Waals surface area (Å²) in [5.74, 6) is 0.572. The average Bonchev–Trinajstić information content (AvgIpc) is 2.64. The molecule has 0 aromatic carbocycles. The van der Waals surface area contributed by atoms with Gasteiger partial charge in [-0.1, -0.05) is 13.8 Å². The Morgan fingerprint density at radius 2 is 2.31 bits per heavy atom. The zero-order chi connectivity index (χ0) is 12.0. The van der Waals surface area contributed by atoms with Gasteiger partial charge in [0.15, 0.2) is 0 Å². The lowest BCUT2D eigenvalue weighted by Gasteiger charge is -2.21. The van der Waals surface area contributed by atoms with E-state index >= 15 is 0 Å². The SMILES string of the molecule is CCNC(CC(C)COC)c1sccc1Br. The molecule has 0 saturated carbocycles. The fourth-order valence-electron chi connectivity index (χ4n) is 1.84. The zero-order valence-electron chi connectivity index (χ0n) is 10.1. The van der Waals surface area contributed by atoms with Gasteiger partial charge in [0.1, 0.15) is 0 Å². The second-order valence-corrected chi connectivity index (χ2v) is 5.84. The molecule has 0 aliphatic carbocycles. The topological polar surface area (TPSA) is 21.3 Å². The van der Waals surface area contributed by atoms with Gasteiger partial charge in [-0.15, -0.1) is 11.3 Å².